The molecule has 0 radical (unpaired) electrons. The first kappa shape index (κ1) is 23.4. The Labute approximate surface area is 189 Å². The van der Waals surface area contributed by atoms with Crippen LogP contribution in [0.15, 0.2) is 42.5 Å². The van der Waals surface area contributed by atoms with Crippen molar-refractivity contribution in [3.8, 4) is 17.2 Å². The summed E-state index contributed by atoms with van der Waals surface area (Å²) in [6, 6.07) is 13.2. The first-order valence-corrected chi connectivity index (χ1v) is 11.0. The molecular formula is C25H32N2O5. The molecule has 0 bridgehead atoms. The Balaban J connectivity index is 1.50. The molecule has 0 N–H and O–H groups in total. The molecule has 0 spiro atoms. The molecule has 1 aliphatic rings. The molecule has 32 heavy (non-hydrogen) atoms. The van der Waals surface area contributed by atoms with E-state index < -0.39 is 0 Å². The first-order valence-electron chi connectivity index (χ1n) is 11.0. The van der Waals surface area contributed by atoms with Gasteiger partial charge in [0.1, 0.15) is 22.8 Å². The first-order chi connectivity index (χ1) is 15.5. The summed E-state index contributed by atoms with van der Waals surface area (Å²) >= 11 is 0. The van der Waals surface area contributed by atoms with E-state index in [1.165, 1.54) is 19.8 Å². The predicted molar refractivity (Wildman–Crippen MR) is 123 cm³/mol. The summed E-state index contributed by atoms with van der Waals surface area (Å²) < 4.78 is 16.5. The fraction of sp³-hybridized carbons (Fsp3) is 0.440. The average Bonchev–Trinajstić information content (AvgIpc) is 3.08. The molecule has 0 atom stereocenters. The van der Waals surface area contributed by atoms with E-state index in [2.05, 4.69) is 0 Å². The van der Waals surface area contributed by atoms with Crippen LogP contribution < -0.4 is 14.2 Å². The number of carbonyl (C=O) groups excluding carboxylic acids is 2. The predicted octanol–water partition coefficient (Wildman–Crippen LogP) is 3.55. The zero-order valence-electron chi connectivity index (χ0n) is 19.1. The minimum atomic E-state index is -0.139. The molecule has 7 nitrogen and oxygen atoms in total. The molecule has 1 saturated heterocycles. The number of hydrogen-bond acceptors (Lipinski definition) is 5. The maximum atomic E-state index is 13.2. The van der Waals surface area contributed by atoms with Crippen LogP contribution in [-0.2, 0) is 4.79 Å². The Morgan fingerprint density at radius 2 is 1.50 bits per heavy atom. The molecule has 2 aromatic rings. The lowest BCUT2D eigenvalue weighted by molar-refractivity contribution is -0.131. The molecule has 0 aliphatic carbocycles. The lowest BCUT2D eigenvalue weighted by Gasteiger charge is -2.23. The van der Waals surface area contributed by atoms with E-state index in [1.807, 2.05) is 36.1 Å². The van der Waals surface area contributed by atoms with Gasteiger partial charge >= 0.3 is 0 Å². The van der Waals surface area contributed by atoms with Crippen molar-refractivity contribution >= 4 is 11.8 Å². The highest BCUT2D eigenvalue weighted by atomic mass is 16.5. The summed E-state index contributed by atoms with van der Waals surface area (Å²) in [4.78, 5) is 29.5. The minimum absolute atomic E-state index is 0.0988. The molecule has 0 unspecified atom stereocenters. The van der Waals surface area contributed by atoms with E-state index in [0.717, 1.165) is 12.2 Å². The van der Waals surface area contributed by atoms with Gasteiger partial charge in [0.25, 0.3) is 5.91 Å². The fourth-order valence-electron chi connectivity index (χ4n) is 3.80. The number of ether oxygens (including phenoxy) is 3. The Hall–Kier alpha value is -3.22. The van der Waals surface area contributed by atoms with E-state index in [4.69, 9.17) is 14.2 Å². The van der Waals surface area contributed by atoms with Gasteiger partial charge in [-0.3, -0.25) is 9.59 Å². The monoisotopic (exact) mass is 440 g/mol. The van der Waals surface area contributed by atoms with Gasteiger partial charge in [0.05, 0.1) is 20.8 Å². The van der Waals surface area contributed by atoms with Crippen LogP contribution in [0.1, 0.15) is 35.2 Å². The standard InChI is InChI=1S/C25H32N2O5/c1-19-10-12-20(13-11-19)32-18-5-9-23(28)26-14-6-15-27(17-16-26)25(29)24-21(30-2)7-4-8-22(24)31-3/h4,7-8,10-13H,5-6,9,14-18H2,1-3H3. The van der Waals surface area contributed by atoms with Crippen LogP contribution in [0.3, 0.4) is 0 Å². The maximum Gasteiger partial charge on any atom is 0.261 e. The normalized spacial score (nSPS) is 14.0. The topological polar surface area (TPSA) is 68.3 Å². The van der Waals surface area contributed by atoms with Crippen molar-refractivity contribution in [2.45, 2.75) is 26.2 Å². The number of hydrogen-bond donors (Lipinski definition) is 0. The molecule has 172 valence electrons. The van der Waals surface area contributed by atoms with E-state index >= 15 is 0 Å². The van der Waals surface area contributed by atoms with Crippen LogP contribution in [0.5, 0.6) is 17.2 Å². The molecular weight excluding hydrogens is 408 g/mol. The molecule has 2 aromatic carbocycles. The second kappa shape index (κ2) is 11.4. The number of aryl methyl sites for hydroxylation is 1. The quantitative estimate of drug-likeness (QED) is 0.588. The highest BCUT2D eigenvalue weighted by Gasteiger charge is 2.27. The Morgan fingerprint density at radius 1 is 0.875 bits per heavy atom. The van der Waals surface area contributed by atoms with Gasteiger partial charge in [-0.05, 0) is 44.0 Å². The van der Waals surface area contributed by atoms with Crippen LogP contribution in [0.2, 0.25) is 0 Å². The average molecular weight is 441 g/mol. The van der Waals surface area contributed by atoms with Crippen LogP contribution >= 0.6 is 0 Å². The van der Waals surface area contributed by atoms with Crippen molar-refractivity contribution in [1.29, 1.82) is 0 Å². The third kappa shape index (κ3) is 5.93. The molecule has 7 heteroatoms. The number of amides is 2. The zero-order chi connectivity index (χ0) is 22.9. The van der Waals surface area contributed by atoms with Crippen LogP contribution in [0, 0.1) is 6.92 Å². The number of benzene rings is 2. The summed E-state index contributed by atoms with van der Waals surface area (Å²) in [7, 11) is 3.08. The second-order valence-corrected chi connectivity index (χ2v) is 7.83. The van der Waals surface area contributed by atoms with Gasteiger partial charge in [-0.1, -0.05) is 23.8 Å². The van der Waals surface area contributed by atoms with Crippen molar-refractivity contribution in [1.82, 2.24) is 9.80 Å². The third-order valence-electron chi connectivity index (χ3n) is 5.60. The van der Waals surface area contributed by atoms with Crippen molar-refractivity contribution in [2.75, 3.05) is 47.0 Å². The van der Waals surface area contributed by atoms with Gasteiger partial charge in [-0.25, -0.2) is 0 Å². The van der Waals surface area contributed by atoms with E-state index in [1.54, 1.807) is 23.1 Å². The number of methoxy groups -OCH3 is 2. The molecule has 1 heterocycles. The fourth-order valence-corrected chi connectivity index (χ4v) is 3.80. The van der Waals surface area contributed by atoms with Crippen LogP contribution in [0.4, 0.5) is 0 Å². The summed E-state index contributed by atoms with van der Waals surface area (Å²) in [5, 5.41) is 0. The lowest BCUT2D eigenvalue weighted by atomic mass is 10.1. The minimum Gasteiger partial charge on any atom is -0.496 e. The summed E-state index contributed by atoms with van der Waals surface area (Å²) in [5.74, 6) is 1.75. The van der Waals surface area contributed by atoms with Gasteiger partial charge < -0.3 is 24.0 Å². The number of carbonyl (C=O) groups is 2. The Bertz CT molecular complexity index is 891. The highest BCUT2D eigenvalue weighted by Crippen LogP contribution is 2.30. The highest BCUT2D eigenvalue weighted by molar-refractivity contribution is 5.99. The molecule has 2 amide bonds. The van der Waals surface area contributed by atoms with E-state index in [-0.39, 0.29) is 11.8 Å². The summed E-state index contributed by atoms with van der Waals surface area (Å²) in [5.41, 5.74) is 1.61. The Kier molecular flexibility index (Phi) is 8.36. The van der Waals surface area contributed by atoms with Gasteiger partial charge in [0.15, 0.2) is 0 Å². The van der Waals surface area contributed by atoms with Gasteiger partial charge in [0.2, 0.25) is 5.91 Å². The second-order valence-electron chi connectivity index (χ2n) is 7.83. The molecule has 0 saturated carbocycles. The van der Waals surface area contributed by atoms with Crippen molar-refractivity contribution in [2.24, 2.45) is 0 Å². The van der Waals surface area contributed by atoms with Crippen LogP contribution in [0.25, 0.3) is 0 Å². The maximum absolute atomic E-state index is 13.2. The summed E-state index contributed by atoms with van der Waals surface area (Å²) in [6.07, 6.45) is 1.82. The zero-order valence-corrected chi connectivity index (χ0v) is 19.1. The SMILES string of the molecule is COc1cccc(OC)c1C(=O)N1CCCN(C(=O)CCCOc2ccc(C)cc2)CC1. The van der Waals surface area contributed by atoms with Crippen molar-refractivity contribution < 1.29 is 23.8 Å². The molecule has 3 rings (SSSR count). The largest absolute Gasteiger partial charge is 0.496 e. The smallest absolute Gasteiger partial charge is 0.261 e. The lowest BCUT2D eigenvalue weighted by Crippen LogP contribution is -2.37. The third-order valence-corrected chi connectivity index (χ3v) is 5.60. The number of nitrogens with zero attached hydrogens (tertiary/aromatic N) is 2. The molecule has 0 aromatic heterocycles. The van der Waals surface area contributed by atoms with Crippen molar-refractivity contribution in [3.05, 3.63) is 53.6 Å². The van der Waals surface area contributed by atoms with Gasteiger partial charge in [-0.15, -0.1) is 0 Å². The molecule has 1 aliphatic heterocycles. The van der Waals surface area contributed by atoms with E-state index in [9.17, 15) is 9.59 Å². The molecule has 1 fully saturated rings. The van der Waals surface area contributed by atoms with Gasteiger partial charge in [0, 0.05) is 32.6 Å². The number of rotatable bonds is 8. The van der Waals surface area contributed by atoms with E-state index in [0.29, 0.717) is 62.7 Å². The van der Waals surface area contributed by atoms with Crippen molar-refractivity contribution in [3.63, 3.8) is 0 Å². The van der Waals surface area contributed by atoms with Gasteiger partial charge in [-0.2, -0.15) is 0 Å². The van der Waals surface area contributed by atoms with Crippen LogP contribution in [-0.4, -0.2) is 68.6 Å². The Morgan fingerprint density at radius 3 is 2.16 bits per heavy atom. The summed E-state index contributed by atoms with van der Waals surface area (Å²) in [6.45, 7) is 4.75.